The molecular formula is C18H21N4O2+. The molecule has 0 radical (unpaired) electrons. The Balaban J connectivity index is 1.97. The van der Waals surface area contributed by atoms with Crippen molar-refractivity contribution in [3.63, 3.8) is 0 Å². The van der Waals surface area contributed by atoms with Gasteiger partial charge in [0.25, 0.3) is 0 Å². The lowest BCUT2D eigenvalue weighted by molar-refractivity contribution is -0.617. The van der Waals surface area contributed by atoms with Crippen molar-refractivity contribution in [3.05, 3.63) is 36.4 Å². The van der Waals surface area contributed by atoms with Gasteiger partial charge in [0, 0.05) is 37.1 Å². The predicted molar refractivity (Wildman–Crippen MR) is 95.1 cm³/mol. The summed E-state index contributed by atoms with van der Waals surface area (Å²) in [6.45, 7) is 0.535. The highest BCUT2D eigenvalue weighted by Gasteiger charge is 2.14. The highest BCUT2D eigenvalue weighted by atomic mass is 16.5. The molecule has 0 spiro atoms. The number of benzene rings is 2. The van der Waals surface area contributed by atoms with Crippen LogP contribution in [0.4, 0.5) is 11.4 Å². The van der Waals surface area contributed by atoms with Gasteiger partial charge >= 0.3 is 5.97 Å². The number of anilines is 2. The molecule has 24 heavy (non-hydrogen) atoms. The van der Waals surface area contributed by atoms with E-state index in [0.29, 0.717) is 13.0 Å². The molecule has 0 unspecified atom stereocenters. The third-order valence-electron chi connectivity index (χ3n) is 4.09. The summed E-state index contributed by atoms with van der Waals surface area (Å²) >= 11 is 0. The number of carbonyl (C=O) groups excluding carboxylic acids is 1. The van der Waals surface area contributed by atoms with Crippen LogP contribution in [0.1, 0.15) is 6.42 Å². The second-order valence-corrected chi connectivity index (χ2v) is 5.58. The molecule has 6 nitrogen and oxygen atoms in total. The zero-order valence-corrected chi connectivity index (χ0v) is 14.1. The Morgan fingerprint density at radius 3 is 2.38 bits per heavy atom. The molecule has 0 amide bonds. The van der Waals surface area contributed by atoms with Crippen molar-refractivity contribution < 1.29 is 14.1 Å². The number of hydrogen-bond acceptors (Lipinski definition) is 5. The Labute approximate surface area is 140 Å². The fraction of sp³-hybridized carbons (Fsp3) is 0.278. The molecule has 1 heterocycles. The first-order valence-corrected chi connectivity index (χ1v) is 7.84. The molecule has 0 aliphatic rings. The van der Waals surface area contributed by atoms with Crippen LogP contribution >= 0.6 is 0 Å². The van der Waals surface area contributed by atoms with Crippen LogP contribution in [-0.4, -0.2) is 31.7 Å². The van der Waals surface area contributed by atoms with Crippen LogP contribution in [0.5, 0.6) is 0 Å². The number of carbonyl (C=O) groups is 1. The van der Waals surface area contributed by atoms with Gasteiger partial charge in [0.05, 0.1) is 13.5 Å². The second kappa shape index (κ2) is 6.70. The standard InChI is InChI=1S/C18H20N4O2/c1-19-12-4-6-14-16(10-12)22(2)17-11-13(5-7-15(17)21-14)20-9-8-18(23)24-3/h4-7,10-11H,8-9H2,1-3H3,(H,19,20)/p+1. The van der Waals surface area contributed by atoms with Crippen molar-refractivity contribution in [2.75, 3.05) is 31.3 Å². The fourth-order valence-electron chi connectivity index (χ4n) is 2.71. The molecule has 0 aliphatic carbocycles. The molecule has 2 N–H and O–H groups in total. The van der Waals surface area contributed by atoms with Gasteiger partial charge in [-0.3, -0.25) is 4.79 Å². The summed E-state index contributed by atoms with van der Waals surface area (Å²) in [5, 5.41) is 6.40. The van der Waals surface area contributed by atoms with Crippen LogP contribution in [0.3, 0.4) is 0 Å². The third-order valence-corrected chi connectivity index (χ3v) is 4.09. The number of fused-ring (bicyclic) bond motifs is 2. The fourth-order valence-corrected chi connectivity index (χ4v) is 2.71. The summed E-state index contributed by atoms with van der Waals surface area (Å²) in [7, 11) is 5.33. The minimum atomic E-state index is -0.221. The minimum Gasteiger partial charge on any atom is -0.469 e. The van der Waals surface area contributed by atoms with E-state index in [0.717, 1.165) is 33.4 Å². The highest BCUT2D eigenvalue weighted by Crippen LogP contribution is 2.20. The molecule has 2 aromatic carbocycles. The quantitative estimate of drug-likeness (QED) is 0.428. The van der Waals surface area contributed by atoms with Gasteiger partial charge in [0.15, 0.2) is 0 Å². The van der Waals surface area contributed by atoms with E-state index in [2.05, 4.69) is 26.0 Å². The van der Waals surface area contributed by atoms with Gasteiger partial charge in [0.1, 0.15) is 18.1 Å². The number of methoxy groups -OCH3 is 1. The number of nitrogens with zero attached hydrogens (tertiary/aromatic N) is 2. The van der Waals surface area contributed by atoms with Gasteiger partial charge in [-0.1, -0.05) is 0 Å². The summed E-state index contributed by atoms with van der Waals surface area (Å²) < 4.78 is 6.78. The van der Waals surface area contributed by atoms with Crippen LogP contribution < -0.4 is 15.2 Å². The molecule has 6 heteroatoms. The molecule has 124 valence electrons. The minimum absolute atomic E-state index is 0.221. The number of aromatic nitrogens is 2. The maximum Gasteiger partial charge on any atom is 0.307 e. The van der Waals surface area contributed by atoms with Gasteiger partial charge < -0.3 is 15.4 Å². The number of rotatable bonds is 5. The molecule has 0 saturated heterocycles. The van der Waals surface area contributed by atoms with E-state index in [1.54, 1.807) is 0 Å². The van der Waals surface area contributed by atoms with Crippen LogP contribution in [0, 0.1) is 0 Å². The molecule has 0 bridgehead atoms. The molecule has 3 aromatic rings. The molecule has 3 rings (SSSR count). The molecule has 0 saturated carbocycles. The van der Waals surface area contributed by atoms with Gasteiger partial charge in [-0.25, -0.2) is 4.98 Å². The van der Waals surface area contributed by atoms with E-state index < -0.39 is 0 Å². The van der Waals surface area contributed by atoms with E-state index in [-0.39, 0.29) is 5.97 Å². The maximum absolute atomic E-state index is 11.2. The number of hydrogen-bond donors (Lipinski definition) is 2. The Morgan fingerprint density at radius 1 is 1.12 bits per heavy atom. The highest BCUT2D eigenvalue weighted by molar-refractivity contribution is 5.85. The zero-order chi connectivity index (χ0) is 17.1. The lowest BCUT2D eigenvalue weighted by atomic mass is 10.2. The molecular weight excluding hydrogens is 304 g/mol. The van der Waals surface area contributed by atoms with Crippen molar-refractivity contribution >= 4 is 39.4 Å². The largest absolute Gasteiger partial charge is 0.469 e. The predicted octanol–water partition coefficient (Wildman–Crippen LogP) is 2.23. The second-order valence-electron chi connectivity index (χ2n) is 5.58. The van der Waals surface area contributed by atoms with E-state index in [4.69, 9.17) is 4.98 Å². The van der Waals surface area contributed by atoms with Crippen LogP contribution in [0.2, 0.25) is 0 Å². The maximum atomic E-state index is 11.2. The third kappa shape index (κ3) is 3.08. The Morgan fingerprint density at radius 2 is 1.75 bits per heavy atom. The topological polar surface area (TPSA) is 67.1 Å². The van der Waals surface area contributed by atoms with E-state index in [1.165, 1.54) is 7.11 Å². The number of aryl methyl sites for hydroxylation is 1. The van der Waals surface area contributed by atoms with Gasteiger partial charge in [0.2, 0.25) is 11.0 Å². The van der Waals surface area contributed by atoms with E-state index in [9.17, 15) is 4.79 Å². The van der Waals surface area contributed by atoms with Crippen molar-refractivity contribution in [2.45, 2.75) is 6.42 Å². The van der Waals surface area contributed by atoms with E-state index in [1.807, 2.05) is 44.4 Å². The summed E-state index contributed by atoms with van der Waals surface area (Å²) in [5.41, 5.74) is 5.97. The lowest BCUT2D eigenvalue weighted by Gasteiger charge is -2.07. The van der Waals surface area contributed by atoms with Gasteiger partial charge in [-0.15, -0.1) is 0 Å². The summed E-state index contributed by atoms with van der Waals surface area (Å²) in [6, 6.07) is 12.1. The number of esters is 1. The van der Waals surface area contributed by atoms with Gasteiger partial charge in [-0.05, 0) is 24.3 Å². The average molecular weight is 325 g/mol. The monoisotopic (exact) mass is 325 g/mol. The first-order chi connectivity index (χ1) is 11.6. The summed E-state index contributed by atoms with van der Waals surface area (Å²) in [5.74, 6) is -0.221. The zero-order valence-electron chi connectivity index (χ0n) is 14.1. The molecule has 0 fully saturated rings. The van der Waals surface area contributed by atoms with Gasteiger partial charge in [-0.2, -0.15) is 4.57 Å². The van der Waals surface area contributed by atoms with Crippen LogP contribution in [-0.2, 0) is 16.6 Å². The van der Waals surface area contributed by atoms with Crippen molar-refractivity contribution in [3.8, 4) is 0 Å². The van der Waals surface area contributed by atoms with Crippen LogP contribution in [0.15, 0.2) is 36.4 Å². The summed E-state index contributed by atoms with van der Waals surface area (Å²) in [6.07, 6.45) is 0.335. The van der Waals surface area contributed by atoms with Crippen molar-refractivity contribution in [2.24, 2.45) is 7.05 Å². The Hall–Kier alpha value is -2.89. The first-order valence-electron chi connectivity index (χ1n) is 7.84. The number of ether oxygens (including phenoxy) is 1. The van der Waals surface area contributed by atoms with Crippen molar-refractivity contribution in [1.29, 1.82) is 0 Å². The Kier molecular flexibility index (Phi) is 4.46. The smallest absolute Gasteiger partial charge is 0.307 e. The Bertz CT molecular complexity index is 908. The van der Waals surface area contributed by atoms with Crippen molar-refractivity contribution in [1.82, 2.24) is 4.98 Å². The normalized spacial score (nSPS) is 10.8. The molecule has 0 atom stereocenters. The average Bonchev–Trinajstić information content (AvgIpc) is 2.62. The SMILES string of the molecule is CNc1ccc2nc3ccc(NCCC(=O)OC)cc3[n+](C)c2c1. The van der Waals surface area contributed by atoms with E-state index >= 15 is 0 Å². The van der Waals surface area contributed by atoms with Crippen LogP contribution in [0.25, 0.3) is 22.1 Å². The first kappa shape index (κ1) is 16.0. The number of nitrogens with one attached hydrogen (secondary N) is 2. The summed E-state index contributed by atoms with van der Waals surface area (Å²) in [4.78, 5) is 15.9. The molecule has 1 aromatic heterocycles. The molecule has 0 aliphatic heterocycles. The lowest BCUT2D eigenvalue weighted by Crippen LogP contribution is -2.30.